The number of nitrogens with zero attached hydrogens (tertiary/aromatic N) is 1. The molecule has 2 aliphatic heterocycles. The molecule has 2 aliphatic rings. The van der Waals surface area contributed by atoms with Crippen LogP contribution >= 0.6 is 0 Å². The number of nitrogens with one attached hydrogen (secondary N) is 1. The van der Waals surface area contributed by atoms with Crippen molar-refractivity contribution in [2.45, 2.75) is 57.2 Å². The second-order valence-corrected chi connectivity index (χ2v) is 6.45. The highest BCUT2D eigenvalue weighted by Crippen LogP contribution is 2.29. The van der Waals surface area contributed by atoms with Gasteiger partial charge in [-0.15, -0.1) is 0 Å². The molecule has 2 fully saturated rings. The smallest absolute Gasteiger partial charge is 0.118 e. The second-order valence-electron chi connectivity index (χ2n) is 6.45. The molecule has 1 N–H and O–H groups in total. The summed E-state index contributed by atoms with van der Waals surface area (Å²) in [5, 5.41) is 3.90. The molecule has 0 spiro atoms. The number of ether oxygens (including phenoxy) is 1. The lowest BCUT2D eigenvalue weighted by Crippen LogP contribution is -2.46. The standard InChI is InChI=1S/C18H28N2O/c1-3-18(14-6-8-17(21-2)9-7-14)19-15-10-12-20-11-4-5-16(20)13-15/h6-9,15-16,18-19H,3-5,10-13H2,1-2H3/t15-,16+,18-/m0/s1. The van der Waals surface area contributed by atoms with Crippen LogP contribution in [0.15, 0.2) is 24.3 Å². The summed E-state index contributed by atoms with van der Waals surface area (Å²) in [6, 6.07) is 10.5. The average Bonchev–Trinajstić information content (AvgIpc) is 3.00. The van der Waals surface area contributed by atoms with Crippen molar-refractivity contribution >= 4 is 0 Å². The van der Waals surface area contributed by atoms with Crippen molar-refractivity contribution in [3.05, 3.63) is 29.8 Å². The van der Waals surface area contributed by atoms with Crippen molar-refractivity contribution in [1.29, 1.82) is 0 Å². The van der Waals surface area contributed by atoms with Crippen LogP contribution in [0, 0.1) is 0 Å². The summed E-state index contributed by atoms with van der Waals surface area (Å²) in [6.07, 6.45) is 6.55. The van der Waals surface area contributed by atoms with Crippen LogP contribution in [0.25, 0.3) is 0 Å². The van der Waals surface area contributed by atoms with Gasteiger partial charge in [0.1, 0.15) is 5.75 Å². The number of benzene rings is 1. The number of piperidine rings is 1. The molecule has 3 nitrogen and oxygen atoms in total. The Balaban J connectivity index is 1.61. The fraction of sp³-hybridized carbons (Fsp3) is 0.667. The topological polar surface area (TPSA) is 24.5 Å². The van der Waals surface area contributed by atoms with Crippen molar-refractivity contribution in [2.24, 2.45) is 0 Å². The normalized spacial score (nSPS) is 27.3. The maximum absolute atomic E-state index is 5.25. The minimum Gasteiger partial charge on any atom is -0.497 e. The van der Waals surface area contributed by atoms with Crippen molar-refractivity contribution < 1.29 is 4.74 Å². The Hall–Kier alpha value is -1.06. The number of methoxy groups -OCH3 is 1. The maximum atomic E-state index is 5.25. The van der Waals surface area contributed by atoms with E-state index in [1.165, 1.54) is 44.3 Å². The van der Waals surface area contributed by atoms with Crippen LogP contribution in [0.4, 0.5) is 0 Å². The molecule has 0 amide bonds. The van der Waals surface area contributed by atoms with Crippen molar-refractivity contribution in [3.8, 4) is 5.75 Å². The molecule has 2 saturated heterocycles. The highest BCUT2D eigenvalue weighted by Gasteiger charge is 2.32. The van der Waals surface area contributed by atoms with Crippen LogP contribution in [-0.2, 0) is 0 Å². The van der Waals surface area contributed by atoms with Gasteiger partial charge in [0.05, 0.1) is 7.11 Å². The highest BCUT2D eigenvalue weighted by atomic mass is 16.5. The number of hydrogen-bond acceptors (Lipinski definition) is 3. The number of fused-ring (bicyclic) bond motifs is 1. The van der Waals surface area contributed by atoms with Gasteiger partial charge in [0.2, 0.25) is 0 Å². The van der Waals surface area contributed by atoms with Crippen molar-refractivity contribution in [2.75, 3.05) is 20.2 Å². The first-order valence-electron chi connectivity index (χ1n) is 8.44. The Morgan fingerprint density at radius 2 is 2.05 bits per heavy atom. The first-order chi connectivity index (χ1) is 10.3. The molecule has 2 heterocycles. The third-order valence-corrected chi connectivity index (χ3v) is 5.18. The Labute approximate surface area is 128 Å². The zero-order chi connectivity index (χ0) is 14.7. The minimum absolute atomic E-state index is 0.467. The quantitative estimate of drug-likeness (QED) is 0.899. The van der Waals surface area contributed by atoms with E-state index in [9.17, 15) is 0 Å². The predicted octanol–water partition coefficient (Wildman–Crippen LogP) is 3.36. The molecule has 0 unspecified atom stereocenters. The molecule has 0 saturated carbocycles. The molecule has 116 valence electrons. The molecule has 0 radical (unpaired) electrons. The van der Waals surface area contributed by atoms with E-state index in [0.29, 0.717) is 12.1 Å². The minimum atomic E-state index is 0.467. The Morgan fingerprint density at radius 3 is 2.76 bits per heavy atom. The molecular formula is C18H28N2O. The zero-order valence-electron chi connectivity index (χ0n) is 13.3. The summed E-state index contributed by atoms with van der Waals surface area (Å²) >= 11 is 0. The summed E-state index contributed by atoms with van der Waals surface area (Å²) < 4.78 is 5.25. The lowest BCUT2D eigenvalue weighted by atomic mass is 9.95. The van der Waals surface area contributed by atoms with E-state index in [1.807, 2.05) is 0 Å². The van der Waals surface area contributed by atoms with Gasteiger partial charge in [0, 0.05) is 18.1 Å². The molecule has 3 heteroatoms. The summed E-state index contributed by atoms with van der Waals surface area (Å²) in [4.78, 5) is 2.69. The van der Waals surface area contributed by atoms with Gasteiger partial charge in [-0.1, -0.05) is 19.1 Å². The predicted molar refractivity (Wildman–Crippen MR) is 86.8 cm³/mol. The number of rotatable bonds is 5. The van der Waals surface area contributed by atoms with Gasteiger partial charge in [-0.2, -0.15) is 0 Å². The molecule has 3 rings (SSSR count). The fourth-order valence-corrected chi connectivity index (χ4v) is 3.95. The van der Waals surface area contributed by atoms with Gasteiger partial charge in [-0.25, -0.2) is 0 Å². The van der Waals surface area contributed by atoms with Crippen molar-refractivity contribution in [1.82, 2.24) is 10.2 Å². The Bertz CT molecular complexity index is 445. The largest absolute Gasteiger partial charge is 0.497 e. The van der Waals surface area contributed by atoms with Crippen LogP contribution in [0.1, 0.15) is 50.6 Å². The van der Waals surface area contributed by atoms with Crippen LogP contribution in [0.3, 0.4) is 0 Å². The highest BCUT2D eigenvalue weighted by molar-refractivity contribution is 5.29. The fourth-order valence-electron chi connectivity index (χ4n) is 3.95. The van der Waals surface area contributed by atoms with Gasteiger partial charge >= 0.3 is 0 Å². The summed E-state index contributed by atoms with van der Waals surface area (Å²) in [5.41, 5.74) is 1.38. The molecule has 0 aromatic heterocycles. The third kappa shape index (κ3) is 3.41. The summed E-state index contributed by atoms with van der Waals surface area (Å²) in [5.74, 6) is 0.938. The van der Waals surface area contributed by atoms with E-state index in [1.54, 1.807) is 7.11 Å². The van der Waals surface area contributed by atoms with E-state index < -0.39 is 0 Å². The molecular weight excluding hydrogens is 260 g/mol. The summed E-state index contributed by atoms with van der Waals surface area (Å²) in [7, 11) is 1.72. The maximum Gasteiger partial charge on any atom is 0.118 e. The molecule has 0 aliphatic carbocycles. The van der Waals surface area contributed by atoms with Gasteiger partial charge in [0.15, 0.2) is 0 Å². The number of hydrogen-bond donors (Lipinski definition) is 1. The molecule has 1 aromatic rings. The van der Waals surface area contributed by atoms with Crippen LogP contribution in [-0.4, -0.2) is 37.2 Å². The Kier molecular flexibility index (Phi) is 4.81. The van der Waals surface area contributed by atoms with Crippen LogP contribution in [0.2, 0.25) is 0 Å². The molecule has 0 bridgehead atoms. The van der Waals surface area contributed by atoms with Gasteiger partial charge in [-0.3, -0.25) is 0 Å². The van der Waals surface area contributed by atoms with E-state index in [-0.39, 0.29) is 0 Å². The molecule has 3 atom stereocenters. The van der Waals surface area contributed by atoms with Gasteiger partial charge < -0.3 is 15.0 Å². The van der Waals surface area contributed by atoms with Crippen LogP contribution < -0.4 is 10.1 Å². The lowest BCUT2D eigenvalue weighted by Gasteiger charge is -2.37. The summed E-state index contributed by atoms with van der Waals surface area (Å²) in [6.45, 7) is 4.88. The first kappa shape index (κ1) is 14.9. The SMILES string of the molecule is CC[C@H](N[C@H]1CCN2CCC[C@@H]2C1)c1ccc(OC)cc1. The molecule has 21 heavy (non-hydrogen) atoms. The van der Waals surface area contributed by atoms with E-state index >= 15 is 0 Å². The average molecular weight is 288 g/mol. The zero-order valence-corrected chi connectivity index (χ0v) is 13.3. The van der Waals surface area contributed by atoms with E-state index in [2.05, 4.69) is 41.4 Å². The third-order valence-electron chi connectivity index (χ3n) is 5.18. The first-order valence-corrected chi connectivity index (χ1v) is 8.44. The van der Waals surface area contributed by atoms with Crippen LogP contribution in [0.5, 0.6) is 5.75 Å². The molecule has 1 aromatic carbocycles. The van der Waals surface area contributed by atoms with E-state index in [0.717, 1.165) is 18.2 Å². The van der Waals surface area contributed by atoms with E-state index in [4.69, 9.17) is 4.74 Å². The lowest BCUT2D eigenvalue weighted by molar-refractivity contribution is 0.160. The van der Waals surface area contributed by atoms with Gasteiger partial charge in [-0.05, 0) is 62.9 Å². The second kappa shape index (κ2) is 6.80. The van der Waals surface area contributed by atoms with Gasteiger partial charge in [0.25, 0.3) is 0 Å². The Morgan fingerprint density at radius 1 is 1.24 bits per heavy atom. The monoisotopic (exact) mass is 288 g/mol. The van der Waals surface area contributed by atoms with Crippen molar-refractivity contribution in [3.63, 3.8) is 0 Å².